The van der Waals surface area contributed by atoms with E-state index in [4.69, 9.17) is 9.47 Å². The zero-order chi connectivity index (χ0) is 17.4. The molecule has 4 rings (SSSR count). The van der Waals surface area contributed by atoms with Crippen molar-refractivity contribution < 1.29 is 14.3 Å². The smallest absolute Gasteiger partial charge is 0.315 e. The minimum absolute atomic E-state index is 0.300. The molecule has 2 aromatic heterocycles. The van der Waals surface area contributed by atoms with Crippen LogP contribution in [0.4, 0.5) is 0 Å². The molecule has 8 heteroatoms. The summed E-state index contributed by atoms with van der Waals surface area (Å²) in [5.41, 5.74) is 0.931. The molecule has 0 fully saturated rings. The number of fused-ring (bicyclic) bond motifs is 2. The molecule has 0 atom stereocenters. The van der Waals surface area contributed by atoms with Crippen LogP contribution in [0.1, 0.15) is 10.6 Å². The van der Waals surface area contributed by atoms with E-state index in [1.54, 1.807) is 30.1 Å². The van der Waals surface area contributed by atoms with Gasteiger partial charge in [0.15, 0.2) is 16.3 Å². The molecule has 1 aliphatic heterocycles. The number of imidazole rings is 1. The summed E-state index contributed by atoms with van der Waals surface area (Å²) in [7, 11) is 1.77. The van der Waals surface area contributed by atoms with Gasteiger partial charge < -0.3 is 18.6 Å². The lowest BCUT2D eigenvalue weighted by Crippen LogP contribution is -2.18. The van der Waals surface area contributed by atoms with Crippen molar-refractivity contribution in [2.24, 2.45) is 12.0 Å². The van der Waals surface area contributed by atoms with E-state index in [2.05, 4.69) is 16.6 Å². The zero-order valence-electron chi connectivity index (χ0n) is 13.6. The molecule has 3 aromatic rings. The number of hydrogen-bond donors (Lipinski definition) is 0. The Bertz CT molecular complexity index is 1040. The van der Waals surface area contributed by atoms with Gasteiger partial charge in [0.05, 0.1) is 10.2 Å². The maximum Gasteiger partial charge on any atom is 0.315 e. The lowest BCUT2D eigenvalue weighted by Gasteiger charge is -2.18. The first-order chi connectivity index (χ1) is 12.2. The second-order valence-corrected chi connectivity index (χ2v) is 6.54. The molecule has 128 valence electrons. The number of aromatic nitrogens is 3. The lowest BCUT2D eigenvalue weighted by atomic mass is 10.2. The van der Waals surface area contributed by atoms with E-state index in [9.17, 15) is 4.79 Å². The van der Waals surface area contributed by atoms with Gasteiger partial charge in [0.1, 0.15) is 13.2 Å². The van der Waals surface area contributed by atoms with Gasteiger partial charge in [0, 0.05) is 38.1 Å². The van der Waals surface area contributed by atoms with E-state index in [1.807, 2.05) is 16.7 Å². The second-order valence-electron chi connectivity index (χ2n) is 5.53. The van der Waals surface area contributed by atoms with Crippen LogP contribution < -0.4 is 14.3 Å². The van der Waals surface area contributed by atoms with Gasteiger partial charge in [-0.1, -0.05) is 17.4 Å². The molecule has 0 spiro atoms. The first-order valence-electron chi connectivity index (χ1n) is 7.77. The number of nitrogens with zero attached hydrogens (tertiary/aromatic N) is 4. The third-order valence-electron chi connectivity index (χ3n) is 3.87. The van der Waals surface area contributed by atoms with Gasteiger partial charge in [0.2, 0.25) is 5.82 Å². The van der Waals surface area contributed by atoms with Crippen molar-refractivity contribution in [2.75, 3.05) is 13.2 Å². The van der Waals surface area contributed by atoms with Crippen LogP contribution in [0.3, 0.4) is 0 Å². The molecule has 1 aromatic carbocycles. The van der Waals surface area contributed by atoms with Gasteiger partial charge in [-0.25, -0.2) is 4.98 Å². The SMILES string of the molecule is C=CCn1c(=NC(=O)c2nccn2C)sc2cc3c(cc21)OCCO3. The fraction of sp³-hybridized carbons (Fsp3) is 0.235. The van der Waals surface area contributed by atoms with Crippen LogP contribution in [0.25, 0.3) is 10.2 Å². The number of rotatable bonds is 3. The molecule has 25 heavy (non-hydrogen) atoms. The quantitative estimate of drug-likeness (QED) is 0.674. The van der Waals surface area contributed by atoms with E-state index >= 15 is 0 Å². The minimum atomic E-state index is -0.380. The van der Waals surface area contributed by atoms with Gasteiger partial charge in [-0.3, -0.25) is 4.79 Å². The summed E-state index contributed by atoms with van der Waals surface area (Å²) in [6, 6.07) is 3.85. The molecule has 0 radical (unpaired) electrons. The number of aryl methyl sites for hydroxylation is 1. The third kappa shape index (κ3) is 2.74. The maximum atomic E-state index is 12.5. The lowest BCUT2D eigenvalue weighted by molar-refractivity contribution is 0.0985. The number of ether oxygens (including phenoxy) is 2. The molecule has 3 heterocycles. The first-order valence-corrected chi connectivity index (χ1v) is 8.59. The summed E-state index contributed by atoms with van der Waals surface area (Å²) in [6.45, 7) is 5.39. The van der Waals surface area contributed by atoms with Crippen molar-refractivity contribution in [3.8, 4) is 11.5 Å². The van der Waals surface area contributed by atoms with Crippen LogP contribution in [-0.4, -0.2) is 33.2 Å². The largest absolute Gasteiger partial charge is 0.486 e. The number of carbonyl (C=O) groups excluding carboxylic acids is 1. The van der Waals surface area contributed by atoms with Gasteiger partial charge in [0.25, 0.3) is 0 Å². The summed E-state index contributed by atoms with van der Waals surface area (Å²) in [4.78, 5) is 21.4. The molecular weight excluding hydrogens is 340 g/mol. The molecule has 0 bridgehead atoms. The summed E-state index contributed by atoms with van der Waals surface area (Å²) in [6.07, 6.45) is 5.07. The van der Waals surface area contributed by atoms with Crippen molar-refractivity contribution in [3.63, 3.8) is 0 Å². The number of allylic oxidation sites excluding steroid dienone is 1. The Labute approximate surface area is 147 Å². The Morgan fingerprint density at radius 3 is 2.84 bits per heavy atom. The van der Waals surface area contributed by atoms with E-state index in [-0.39, 0.29) is 5.91 Å². The van der Waals surface area contributed by atoms with Crippen LogP contribution in [-0.2, 0) is 13.6 Å². The number of carbonyl (C=O) groups is 1. The molecule has 0 saturated carbocycles. The predicted molar refractivity (Wildman–Crippen MR) is 94.1 cm³/mol. The Morgan fingerprint density at radius 1 is 1.40 bits per heavy atom. The number of amides is 1. The highest BCUT2D eigenvalue weighted by molar-refractivity contribution is 7.16. The van der Waals surface area contributed by atoms with Crippen LogP contribution >= 0.6 is 11.3 Å². The minimum Gasteiger partial charge on any atom is -0.486 e. The highest BCUT2D eigenvalue weighted by Gasteiger charge is 2.17. The average Bonchev–Trinajstić information content (AvgIpc) is 3.17. The highest BCUT2D eigenvalue weighted by atomic mass is 32.1. The average molecular weight is 356 g/mol. The number of hydrogen-bond acceptors (Lipinski definition) is 5. The third-order valence-corrected chi connectivity index (χ3v) is 4.91. The maximum absolute atomic E-state index is 12.5. The summed E-state index contributed by atoms with van der Waals surface area (Å²) in [5, 5.41) is 0. The number of thiazole rings is 1. The van der Waals surface area contributed by atoms with Crippen LogP contribution in [0.2, 0.25) is 0 Å². The fourth-order valence-electron chi connectivity index (χ4n) is 2.71. The predicted octanol–water partition coefficient (Wildman–Crippen LogP) is 2.13. The molecule has 0 N–H and O–H groups in total. The van der Waals surface area contributed by atoms with Crippen molar-refractivity contribution in [2.45, 2.75) is 6.54 Å². The number of benzene rings is 1. The van der Waals surface area contributed by atoms with E-state index in [0.29, 0.717) is 41.9 Å². The topological polar surface area (TPSA) is 70.6 Å². The molecular formula is C17H16N4O3S. The van der Waals surface area contributed by atoms with Crippen molar-refractivity contribution in [3.05, 3.63) is 47.8 Å². The Kier molecular flexibility index (Phi) is 3.89. The Balaban J connectivity index is 1.89. The second kappa shape index (κ2) is 6.21. The Morgan fingerprint density at radius 2 is 2.16 bits per heavy atom. The van der Waals surface area contributed by atoms with E-state index in [1.165, 1.54) is 11.3 Å². The van der Waals surface area contributed by atoms with Crippen molar-refractivity contribution in [1.29, 1.82) is 0 Å². The molecule has 0 saturated heterocycles. The monoisotopic (exact) mass is 356 g/mol. The van der Waals surface area contributed by atoms with Crippen LogP contribution in [0, 0.1) is 0 Å². The normalized spacial score (nSPS) is 14.0. The van der Waals surface area contributed by atoms with Crippen LogP contribution in [0.5, 0.6) is 11.5 Å². The van der Waals surface area contributed by atoms with Crippen LogP contribution in [0.15, 0.2) is 42.2 Å². The van der Waals surface area contributed by atoms with Gasteiger partial charge in [-0.05, 0) is 0 Å². The standard InChI is InChI=1S/C17H16N4O3S/c1-3-5-21-11-9-12-13(24-8-7-23-12)10-14(11)25-17(21)19-16(22)15-18-4-6-20(15)2/h3-4,6,9-10H,1,5,7-8H2,2H3. The Hall–Kier alpha value is -2.87. The van der Waals surface area contributed by atoms with Gasteiger partial charge in [-0.2, -0.15) is 4.99 Å². The van der Waals surface area contributed by atoms with E-state index < -0.39 is 0 Å². The van der Waals surface area contributed by atoms with Gasteiger partial charge >= 0.3 is 5.91 Å². The summed E-state index contributed by atoms with van der Waals surface area (Å²) >= 11 is 1.42. The first kappa shape index (κ1) is 15.6. The van der Waals surface area contributed by atoms with Crippen molar-refractivity contribution in [1.82, 2.24) is 14.1 Å². The van der Waals surface area contributed by atoms with Gasteiger partial charge in [-0.15, -0.1) is 6.58 Å². The molecule has 7 nitrogen and oxygen atoms in total. The molecule has 0 aliphatic carbocycles. The molecule has 1 amide bonds. The summed E-state index contributed by atoms with van der Waals surface area (Å²) < 4.78 is 15.9. The highest BCUT2D eigenvalue weighted by Crippen LogP contribution is 2.35. The zero-order valence-corrected chi connectivity index (χ0v) is 14.5. The molecule has 0 unspecified atom stereocenters. The molecule has 1 aliphatic rings. The van der Waals surface area contributed by atoms with Crippen molar-refractivity contribution >= 4 is 27.5 Å². The fourth-order valence-corrected chi connectivity index (χ4v) is 3.75. The van der Waals surface area contributed by atoms with E-state index in [0.717, 1.165) is 10.2 Å². The summed E-state index contributed by atoms with van der Waals surface area (Å²) in [5.74, 6) is 1.34.